The van der Waals surface area contributed by atoms with Gasteiger partial charge in [0.25, 0.3) is 0 Å². The van der Waals surface area contributed by atoms with Crippen LogP contribution in [-0.2, 0) is 0 Å². The molecule has 0 saturated carbocycles. The maximum Gasteiger partial charge on any atom is 0.0534 e. The first-order valence-electron chi connectivity index (χ1n) is 5.34. The lowest BCUT2D eigenvalue weighted by Gasteiger charge is -2.20. The van der Waals surface area contributed by atoms with Crippen LogP contribution in [-0.4, -0.2) is 16.2 Å². The van der Waals surface area contributed by atoms with Gasteiger partial charge in [0.2, 0.25) is 0 Å². The normalized spacial score (nSPS) is 15.8. The summed E-state index contributed by atoms with van der Waals surface area (Å²) in [7, 11) is 0. The summed E-state index contributed by atoms with van der Waals surface area (Å²) < 4.78 is 0. The Morgan fingerprint density at radius 2 is 2.07 bits per heavy atom. The molecule has 3 nitrogen and oxygen atoms in total. The van der Waals surface area contributed by atoms with Crippen LogP contribution in [0.15, 0.2) is 12.4 Å². The summed E-state index contributed by atoms with van der Waals surface area (Å²) >= 11 is 0. The molecule has 0 amide bonds. The van der Waals surface area contributed by atoms with Crippen LogP contribution in [0.25, 0.3) is 0 Å². The number of H-pyrrole nitrogens is 1. The molecule has 0 aliphatic rings. The molecule has 2 atom stereocenters. The second kappa shape index (κ2) is 5.15. The monoisotopic (exact) mass is 195 g/mol. The molecular weight excluding hydrogens is 174 g/mol. The van der Waals surface area contributed by atoms with Crippen LogP contribution < -0.4 is 5.32 Å². The predicted octanol–water partition coefficient (Wildman–Crippen LogP) is 2.49. The van der Waals surface area contributed by atoms with E-state index in [1.807, 2.05) is 12.4 Å². The van der Waals surface area contributed by atoms with E-state index in [0.717, 1.165) is 5.92 Å². The van der Waals surface area contributed by atoms with Crippen molar-refractivity contribution in [1.29, 1.82) is 0 Å². The fourth-order valence-corrected chi connectivity index (χ4v) is 1.80. The standard InChI is InChI=1S/C11H21N3/c1-8(2)5-9(3)14-10(4)11-6-12-13-7-11/h6-10,14H,5H2,1-4H3,(H,12,13). The highest BCUT2D eigenvalue weighted by molar-refractivity contribution is 5.08. The number of hydrogen-bond acceptors (Lipinski definition) is 2. The Bertz CT molecular complexity index is 241. The van der Waals surface area contributed by atoms with Crippen LogP contribution in [0.5, 0.6) is 0 Å². The van der Waals surface area contributed by atoms with Gasteiger partial charge in [-0.1, -0.05) is 13.8 Å². The van der Waals surface area contributed by atoms with Gasteiger partial charge in [-0.25, -0.2) is 0 Å². The van der Waals surface area contributed by atoms with Gasteiger partial charge in [0.15, 0.2) is 0 Å². The highest BCUT2D eigenvalue weighted by Gasteiger charge is 2.10. The molecule has 0 aromatic carbocycles. The molecule has 2 N–H and O–H groups in total. The third-order valence-electron chi connectivity index (χ3n) is 2.38. The van der Waals surface area contributed by atoms with Gasteiger partial charge >= 0.3 is 0 Å². The smallest absolute Gasteiger partial charge is 0.0534 e. The van der Waals surface area contributed by atoms with E-state index in [1.165, 1.54) is 12.0 Å². The molecule has 0 aliphatic carbocycles. The maximum absolute atomic E-state index is 3.95. The Kier molecular flexibility index (Phi) is 4.14. The van der Waals surface area contributed by atoms with E-state index in [0.29, 0.717) is 12.1 Å². The maximum atomic E-state index is 3.95. The number of nitrogens with zero attached hydrogens (tertiary/aromatic N) is 1. The SMILES string of the molecule is CC(C)CC(C)NC(C)c1cn[nH]c1. The summed E-state index contributed by atoms with van der Waals surface area (Å²) in [4.78, 5) is 0. The van der Waals surface area contributed by atoms with Crippen molar-refractivity contribution in [2.45, 2.75) is 46.2 Å². The summed E-state index contributed by atoms with van der Waals surface area (Å²) in [5.74, 6) is 0.744. The fourth-order valence-electron chi connectivity index (χ4n) is 1.80. The molecule has 0 spiro atoms. The minimum Gasteiger partial charge on any atom is -0.308 e. The number of rotatable bonds is 5. The molecular formula is C11H21N3. The predicted molar refractivity (Wildman–Crippen MR) is 59.1 cm³/mol. The fraction of sp³-hybridized carbons (Fsp3) is 0.727. The average molecular weight is 195 g/mol. The summed E-state index contributed by atoms with van der Waals surface area (Å²) in [5, 5.41) is 10.3. The Hall–Kier alpha value is -0.830. The van der Waals surface area contributed by atoms with Crippen LogP contribution in [0.1, 0.15) is 45.7 Å². The molecule has 2 unspecified atom stereocenters. The van der Waals surface area contributed by atoms with Crippen LogP contribution in [0, 0.1) is 5.92 Å². The Morgan fingerprint density at radius 3 is 2.57 bits per heavy atom. The van der Waals surface area contributed by atoms with Crippen LogP contribution in [0.2, 0.25) is 0 Å². The van der Waals surface area contributed by atoms with Gasteiger partial charge in [0.1, 0.15) is 0 Å². The Morgan fingerprint density at radius 1 is 1.36 bits per heavy atom. The van der Waals surface area contributed by atoms with Crippen molar-refractivity contribution in [2.75, 3.05) is 0 Å². The van der Waals surface area contributed by atoms with Gasteiger partial charge in [-0.3, -0.25) is 5.10 Å². The molecule has 1 rings (SSSR count). The van der Waals surface area contributed by atoms with Crippen molar-refractivity contribution in [3.8, 4) is 0 Å². The Labute approximate surface area is 86.3 Å². The van der Waals surface area contributed by atoms with Crippen molar-refractivity contribution < 1.29 is 0 Å². The lowest BCUT2D eigenvalue weighted by molar-refractivity contribution is 0.407. The Balaban J connectivity index is 2.37. The zero-order valence-corrected chi connectivity index (χ0v) is 9.54. The first kappa shape index (κ1) is 11.2. The van der Waals surface area contributed by atoms with E-state index >= 15 is 0 Å². The number of aromatic nitrogens is 2. The highest BCUT2D eigenvalue weighted by atomic mass is 15.1. The summed E-state index contributed by atoms with van der Waals surface area (Å²) in [6, 6.07) is 0.933. The van der Waals surface area contributed by atoms with Gasteiger partial charge in [0.05, 0.1) is 6.20 Å². The van der Waals surface area contributed by atoms with Crippen molar-refractivity contribution >= 4 is 0 Å². The van der Waals surface area contributed by atoms with Crippen molar-refractivity contribution in [3.05, 3.63) is 18.0 Å². The zero-order chi connectivity index (χ0) is 10.6. The van der Waals surface area contributed by atoms with E-state index in [4.69, 9.17) is 0 Å². The topological polar surface area (TPSA) is 40.7 Å². The van der Waals surface area contributed by atoms with Gasteiger partial charge in [-0.2, -0.15) is 5.10 Å². The van der Waals surface area contributed by atoms with E-state index in [9.17, 15) is 0 Å². The highest BCUT2D eigenvalue weighted by Crippen LogP contribution is 2.12. The molecule has 3 heteroatoms. The number of aromatic amines is 1. The molecule has 1 heterocycles. The van der Waals surface area contributed by atoms with Gasteiger partial charge in [-0.05, 0) is 26.2 Å². The van der Waals surface area contributed by atoms with E-state index in [2.05, 4.69) is 43.2 Å². The second-order valence-electron chi connectivity index (χ2n) is 4.45. The zero-order valence-electron chi connectivity index (χ0n) is 9.54. The second-order valence-corrected chi connectivity index (χ2v) is 4.45. The third kappa shape index (κ3) is 3.50. The summed E-state index contributed by atoms with van der Waals surface area (Å²) in [6.07, 6.45) is 5.03. The van der Waals surface area contributed by atoms with Crippen LogP contribution in [0.3, 0.4) is 0 Å². The quantitative estimate of drug-likeness (QED) is 0.758. The molecule has 0 radical (unpaired) electrons. The molecule has 0 saturated heterocycles. The molecule has 0 aliphatic heterocycles. The third-order valence-corrected chi connectivity index (χ3v) is 2.38. The molecule has 1 aromatic rings. The minimum absolute atomic E-state index is 0.377. The van der Waals surface area contributed by atoms with Gasteiger partial charge < -0.3 is 5.32 Å². The molecule has 80 valence electrons. The van der Waals surface area contributed by atoms with Gasteiger partial charge in [-0.15, -0.1) is 0 Å². The average Bonchev–Trinajstić information content (AvgIpc) is 2.53. The first-order valence-corrected chi connectivity index (χ1v) is 5.34. The molecule has 14 heavy (non-hydrogen) atoms. The number of nitrogens with one attached hydrogen (secondary N) is 2. The van der Waals surface area contributed by atoms with Crippen molar-refractivity contribution in [1.82, 2.24) is 15.5 Å². The molecule has 1 aromatic heterocycles. The van der Waals surface area contributed by atoms with E-state index in [-0.39, 0.29) is 0 Å². The number of hydrogen-bond donors (Lipinski definition) is 2. The van der Waals surface area contributed by atoms with Crippen LogP contribution in [0.4, 0.5) is 0 Å². The lowest BCUT2D eigenvalue weighted by Crippen LogP contribution is -2.29. The summed E-state index contributed by atoms with van der Waals surface area (Å²) in [6.45, 7) is 8.90. The summed E-state index contributed by atoms with van der Waals surface area (Å²) in [5.41, 5.74) is 1.22. The largest absolute Gasteiger partial charge is 0.308 e. The molecule has 0 fully saturated rings. The first-order chi connectivity index (χ1) is 6.59. The molecule has 0 bridgehead atoms. The minimum atomic E-state index is 0.377. The van der Waals surface area contributed by atoms with Crippen molar-refractivity contribution in [2.24, 2.45) is 5.92 Å². The van der Waals surface area contributed by atoms with E-state index < -0.39 is 0 Å². The van der Waals surface area contributed by atoms with Crippen molar-refractivity contribution in [3.63, 3.8) is 0 Å². The van der Waals surface area contributed by atoms with E-state index in [1.54, 1.807) is 0 Å². The van der Waals surface area contributed by atoms with Gasteiger partial charge in [0, 0.05) is 23.8 Å². The van der Waals surface area contributed by atoms with Crippen LogP contribution >= 0.6 is 0 Å². The lowest BCUT2D eigenvalue weighted by atomic mass is 10.0.